The van der Waals surface area contributed by atoms with Crippen LogP contribution in [0.2, 0.25) is 5.02 Å². The first-order valence-electron chi connectivity index (χ1n) is 10.3. The number of piperazine rings is 1. The summed E-state index contributed by atoms with van der Waals surface area (Å²) in [5, 5.41) is 13.2. The minimum absolute atomic E-state index is 0.121. The van der Waals surface area contributed by atoms with E-state index in [1.807, 2.05) is 24.3 Å². The van der Waals surface area contributed by atoms with Crippen molar-refractivity contribution in [3.63, 3.8) is 0 Å². The monoisotopic (exact) mass is 436 g/mol. The molecule has 31 heavy (non-hydrogen) atoms. The summed E-state index contributed by atoms with van der Waals surface area (Å²) in [5.74, 6) is 0.706. The number of para-hydroxylation sites is 1. The summed E-state index contributed by atoms with van der Waals surface area (Å²) < 4.78 is 15.9. The zero-order chi connectivity index (χ0) is 21.4. The number of nitrogens with one attached hydrogen (secondary N) is 1. The summed E-state index contributed by atoms with van der Waals surface area (Å²) in [7, 11) is 0. The maximum Gasteiger partial charge on any atom is 0.206 e. The fourth-order valence-electron chi connectivity index (χ4n) is 4.09. The minimum atomic E-state index is -0.419. The molecule has 1 saturated heterocycles. The van der Waals surface area contributed by atoms with Crippen molar-refractivity contribution in [2.24, 2.45) is 0 Å². The molecule has 5 rings (SSSR count). The van der Waals surface area contributed by atoms with Crippen LogP contribution in [0, 0.1) is 5.82 Å². The number of aromatic nitrogens is 2. The number of rotatable bonds is 4. The van der Waals surface area contributed by atoms with Gasteiger partial charge in [-0.3, -0.25) is 0 Å². The number of fused-ring (bicyclic) bond motifs is 1. The van der Waals surface area contributed by atoms with Gasteiger partial charge in [0.1, 0.15) is 11.6 Å². The first kappa shape index (κ1) is 19.8. The maximum atomic E-state index is 13.7. The summed E-state index contributed by atoms with van der Waals surface area (Å²) in [6.07, 6.45) is 0. The Hall–Kier alpha value is -3.09. The number of phenolic OH excluding ortho intramolecular Hbond substituents is 1. The third kappa shape index (κ3) is 3.84. The Morgan fingerprint density at radius 2 is 1.81 bits per heavy atom. The second-order valence-corrected chi connectivity index (χ2v) is 8.11. The quantitative estimate of drug-likeness (QED) is 0.488. The smallest absolute Gasteiger partial charge is 0.206 e. The molecule has 0 unspecified atom stereocenters. The first-order chi connectivity index (χ1) is 15.1. The second kappa shape index (κ2) is 8.21. The number of imidazole rings is 1. The van der Waals surface area contributed by atoms with E-state index < -0.39 is 5.82 Å². The molecule has 1 aliphatic rings. The Kier molecular flexibility index (Phi) is 5.26. The molecule has 3 aromatic carbocycles. The van der Waals surface area contributed by atoms with Gasteiger partial charge in [-0.25, -0.2) is 9.37 Å². The van der Waals surface area contributed by atoms with Crippen molar-refractivity contribution in [1.82, 2.24) is 14.9 Å². The molecule has 2 heterocycles. The van der Waals surface area contributed by atoms with Gasteiger partial charge in [-0.1, -0.05) is 41.9 Å². The molecule has 0 aliphatic carbocycles. The number of benzene rings is 3. The van der Waals surface area contributed by atoms with Crippen molar-refractivity contribution in [3.05, 3.63) is 77.1 Å². The molecular formula is C24H22ClFN4O. The van der Waals surface area contributed by atoms with Crippen LogP contribution in [0.25, 0.3) is 22.2 Å². The lowest BCUT2D eigenvalue weighted by Gasteiger charge is -2.29. The van der Waals surface area contributed by atoms with Crippen molar-refractivity contribution >= 4 is 28.6 Å². The van der Waals surface area contributed by atoms with Crippen molar-refractivity contribution < 1.29 is 9.50 Å². The normalized spacial score (nSPS) is 14.3. The van der Waals surface area contributed by atoms with Gasteiger partial charge in [-0.2, -0.15) is 0 Å². The van der Waals surface area contributed by atoms with Crippen LogP contribution in [-0.4, -0.2) is 40.8 Å². The molecule has 0 bridgehead atoms. The second-order valence-electron chi connectivity index (χ2n) is 7.70. The Labute approximate surface area is 184 Å². The highest BCUT2D eigenvalue weighted by Crippen LogP contribution is 2.33. The highest BCUT2D eigenvalue weighted by atomic mass is 35.5. The molecule has 158 valence electrons. The molecule has 0 amide bonds. The standard InChI is InChI=1S/C24H22ClFN4O/c25-20-14-16(4-9-21(20)26)15-30-22-3-1-2-19(17-5-7-18(31)8-6-17)23(22)28-24(30)29-12-10-27-11-13-29/h1-9,14,27,31H,10-13,15H2. The molecule has 0 spiro atoms. The highest BCUT2D eigenvalue weighted by molar-refractivity contribution is 6.30. The molecule has 0 radical (unpaired) electrons. The highest BCUT2D eigenvalue weighted by Gasteiger charge is 2.21. The Bertz CT molecular complexity index is 1230. The zero-order valence-corrected chi connectivity index (χ0v) is 17.6. The molecule has 0 atom stereocenters. The average Bonchev–Trinajstić information content (AvgIpc) is 3.16. The summed E-state index contributed by atoms with van der Waals surface area (Å²) in [6, 6.07) is 18.1. The van der Waals surface area contributed by atoms with Crippen LogP contribution in [0.4, 0.5) is 10.3 Å². The Morgan fingerprint density at radius 3 is 2.55 bits per heavy atom. The van der Waals surface area contributed by atoms with Crippen molar-refractivity contribution in [1.29, 1.82) is 0 Å². The predicted octanol–water partition coefficient (Wildman–Crippen LogP) is 4.66. The lowest BCUT2D eigenvalue weighted by Crippen LogP contribution is -2.44. The molecule has 2 N–H and O–H groups in total. The van der Waals surface area contributed by atoms with Gasteiger partial charge >= 0.3 is 0 Å². The Balaban J connectivity index is 1.66. The molecule has 1 fully saturated rings. The van der Waals surface area contributed by atoms with Crippen molar-refractivity contribution in [2.45, 2.75) is 6.54 Å². The van der Waals surface area contributed by atoms with E-state index in [-0.39, 0.29) is 10.8 Å². The van der Waals surface area contributed by atoms with Gasteiger partial charge in [0.15, 0.2) is 0 Å². The largest absolute Gasteiger partial charge is 0.508 e. The van der Waals surface area contributed by atoms with Crippen molar-refractivity contribution in [2.75, 3.05) is 31.1 Å². The minimum Gasteiger partial charge on any atom is -0.508 e. The van der Waals surface area contributed by atoms with E-state index in [0.29, 0.717) is 6.54 Å². The van der Waals surface area contributed by atoms with Crippen LogP contribution in [-0.2, 0) is 6.54 Å². The van der Waals surface area contributed by atoms with Gasteiger partial charge in [0.05, 0.1) is 22.6 Å². The van der Waals surface area contributed by atoms with Gasteiger partial charge in [-0.15, -0.1) is 0 Å². The van der Waals surface area contributed by atoms with Gasteiger partial charge in [-0.05, 0) is 41.5 Å². The summed E-state index contributed by atoms with van der Waals surface area (Å²) in [4.78, 5) is 7.34. The number of phenols is 1. The summed E-state index contributed by atoms with van der Waals surface area (Å²) in [6.45, 7) is 4.06. The van der Waals surface area contributed by atoms with E-state index in [0.717, 1.165) is 59.9 Å². The van der Waals surface area contributed by atoms with E-state index in [9.17, 15) is 9.50 Å². The van der Waals surface area contributed by atoms with Crippen LogP contribution in [0.15, 0.2) is 60.7 Å². The van der Waals surface area contributed by atoms with Crippen LogP contribution < -0.4 is 10.2 Å². The molecule has 1 aromatic heterocycles. The van der Waals surface area contributed by atoms with Crippen molar-refractivity contribution in [3.8, 4) is 16.9 Å². The first-order valence-corrected chi connectivity index (χ1v) is 10.7. The third-order valence-corrected chi connectivity index (χ3v) is 5.95. The van der Waals surface area contributed by atoms with E-state index in [1.165, 1.54) is 6.07 Å². The number of hydrogen-bond donors (Lipinski definition) is 2. The van der Waals surface area contributed by atoms with Crippen LogP contribution in [0.1, 0.15) is 5.56 Å². The SMILES string of the molecule is Oc1ccc(-c2cccc3c2nc(N2CCNCC2)n3Cc2ccc(F)c(Cl)c2)cc1. The van der Waals surface area contributed by atoms with E-state index in [1.54, 1.807) is 24.3 Å². The van der Waals surface area contributed by atoms with Gasteiger partial charge in [0, 0.05) is 31.7 Å². The number of halogens is 2. The van der Waals surface area contributed by atoms with Gasteiger partial charge < -0.3 is 19.9 Å². The number of hydrogen-bond acceptors (Lipinski definition) is 4. The van der Waals surface area contributed by atoms with Crippen LogP contribution in [0.3, 0.4) is 0 Å². The lowest BCUT2D eigenvalue weighted by molar-refractivity contribution is 0.475. The zero-order valence-electron chi connectivity index (χ0n) is 16.9. The molecule has 1 aliphatic heterocycles. The summed E-state index contributed by atoms with van der Waals surface area (Å²) in [5.41, 5.74) is 4.81. The lowest BCUT2D eigenvalue weighted by atomic mass is 10.0. The number of aromatic hydroxyl groups is 1. The molecule has 4 aromatic rings. The average molecular weight is 437 g/mol. The molecular weight excluding hydrogens is 415 g/mol. The fourth-order valence-corrected chi connectivity index (χ4v) is 4.29. The Morgan fingerprint density at radius 1 is 1.03 bits per heavy atom. The number of anilines is 1. The molecule has 5 nitrogen and oxygen atoms in total. The maximum absolute atomic E-state index is 13.7. The fraction of sp³-hybridized carbons (Fsp3) is 0.208. The van der Waals surface area contributed by atoms with Crippen LogP contribution >= 0.6 is 11.6 Å². The van der Waals surface area contributed by atoms with E-state index in [2.05, 4.69) is 20.9 Å². The van der Waals surface area contributed by atoms with Gasteiger partial charge in [0.25, 0.3) is 0 Å². The topological polar surface area (TPSA) is 53.3 Å². The predicted molar refractivity (Wildman–Crippen MR) is 122 cm³/mol. The molecule has 0 saturated carbocycles. The van der Waals surface area contributed by atoms with Crippen LogP contribution in [0.5, 0.6) is 5.75 Å². The summed E-state index contributed by atoms with van der Waals surface area (Å²) >= 11 is 6.04. The molecule has 7 heteroatoms. The third-order valence-electron chi connectivity index (χ3n) is 5.66. The van der Waals surface area contributed by atoms with E-state index >= 15 is 0 Å². The van der Waals surface area contributed by atoms with Gasteiger partial charge in [0.2, 0.25) is 5.95 Å². The number of nitrogens with zero attached hydrogens (tertiary/aromatic N) is 3. The van der Waals surface area contributed by atoms with E-state index in [4.69, 9.17) is 16.6 Å².